The lowest BCUT2D eigenvalue weighted by molar-refractivity contribution is -0.119. The van der Waals surface area contributed by atoms with E-state index in [-0.39, 0.29) is 5.56 Å². The van der Waals surface area contributed by atoms with Gasteiger partial charge in [0.25, 0.3) is 5.91 Å². The first-order valence-electron chi connectivity index (χ1n) is 8.08. The van der Waals surface area contributed by atoms with Gasteiger partial charge in [0.2, 0.25) is 0 Å². The number of amides is 1. The average molecular weight is 361 g/mol. The Hall–Kier alpha value is -3.92. The molecule has 0 fully saturated rings. The third kappa shape index (κ3) is 4.02. The lowest BCUT2D eigenvalue weighted by Gasteiger charge is -2.08. The van der Waals surface area contributed by atoms with Crippen molar-refractivity contribution in [2.45, 2.75) is 6.92 Å². The van der Waals surface area contributed by atoms with Gasteiger partial charge >= 0.3 is 5.97 Å². The van der Waals surface area contributed by atoms with Crippen LogP contribution in [0.15, 0.2) is 59.1 Å². The number of nitriles is 1. The fraction of sp³-hybridized carbons (Fsp3) is 0.100. The molecule has 27 heavy (non-hydrogen) atoms. The summed E-state index contributed by atoms with van der Waals surface area (Å²) in [4.78, 5) is 24.5. The monoisotopic (exact) mass is 361 g/mol. The minimum atomic E-state index is -0.712. The van der Waals surface area contributed by atoms with Crippen LogP contribution in [0.25, 0.3) is 11.3 Å². The number of aromatic nitrogens is 1. The zero-order valence-corrected chi connectivity index (χ0v) is 14.4. The minimum absolute atomic E-state index is 0.173. The van der Waals surface area contributed by atoms with E-state index in [1.54, 1.807) is 43.3 Å². The Kier molecular flexibility index (Phi) is 5.28. The molecule has 0 aliphatic carbocycles. The third-order valence-corrected chi connectivity index (χ3v) is 3.77. The number of hydrogen-bond donors (Lipinski definition) is 1. The van der Waals surface area contributed by atoms with Crippen LogP contribution in [0.5, 0.6) is 0 Å². The van der Waals surface area contributed by atoms with Crippen LogP contribution in [-0.2, 0) is 9.53 Å². The summed E-state index contributed by atoms with van der Waals surface area (Å²) in [6, 6.07) is 17.6. The third-order valence-electron chi connectivity index (χ3n) is 3.77. The molecule has 3 rings (SSSR count). The number of aryl methyl sites for hydroxylation is 1. The van der Waals surface area contributed by atoms with Gasteiger partial charge in [0.15, 0.2) is 6.61 Å². The van der Waals surface area contributed by atoms with E-state index < -0.39 is 18.5 Å². The summed E-state index contributed by atoms with van der Waals surface area (Å²) in [6.07, 6.45) is 0. The summed E-state index contributed by atoms with van der Waals surface area (Å²) in [5, 5.41) is 15.5. The molecule has 0 unspecified atom stereocenters. The number of nitrogens with zero attached hydrogens (tertiary/aromatic N) is 2. The largest absolute Gasteiger partial charge is 0.452 e. The number of esters is 1. The number of nitrogens with one attached hydrogen (secondary N) is 1. The molecular formula is C20H15N3O4. The highest BCUT2D eigenvalue weighted by Gasteiger charge is 2.23. The number of anilines is 1. The molecule has 0 atom stereocenters. The van der Waals surface area contributed by atoms with Gasteiger partial charge < -0.3 is 14.6 Å². The quantitative estimate of drug-likeness (QED) is 0.699. The zero-order chi connectivity index (χ0) is 19.2. The highest BCUT2D eigenvalue weighted by atomic mass is 16.5. The van der Waals surface area contributed by atoms with Crippen LogP contribution in [0, 0.1) is 18.3 Å². The van der Waals surface area contributed by atoms with Gasteiger partial charge in [-0.25, -0.2) is 4.79 Å². The maximum absolute atomic E-state index is 12.4. The summed E-state index contributed by atoms with van der Waals surface area (Å²) in [5.74, 6) is -0.966. The Labute approximate surface area is 155 Å². The second kappa shape index (κ2) is 7.97. The van der Waals surface area contributed by atoms with Crippen LogP contribution in [0.3, 0.4) is 0 Å². The van der Waals surface area contributed by atoms with Crippen molar-refractivity contribution in [3.05, 3.63) is 71.5 Å². The Bertz CT molecular complexity index is 1020. The van der Waals surface area contributed by atoms with E-state index >= 15 is 0 Å². The van der Waals surface area contributed by atoms with Gasteiger partial charge in [0, 0.05) is 5.56 Å². The van der Waals surface area contributed by atoms with Gasteiger partial charge in [0.05, 0.1) is 11.3 Å². The number of carbonyl (C=O) groups is 2. The number of para-hydroxylation sites is 1. The highest BCUT2D eigenvalue weighted by Crippen LogP contribution is 2.25. The molecule has 0 radical (unpaired) electrons. The van der Waals surface area contributed by atoms with Crippen LogP contribution in [0.4, 0.5) is 5.69 Å². The highest BCUT2D eigenvalue weighted by molar-refractivity contribution is 5.99. The molecule has 1 heterocycles. The van der Waals surface area contributed by atoms with Crippen LogP contribution in [0.2, 0.25) is 0 Å². The summed E-state index contributed by atoms with van der Waals surface area (Å²) in [7, 11) is 0. The summed E-state index contributed by atoms with van der Waals surface area (Å²) in [5.41, 5.74) is 1.90. The SMILES string of the molecule is Cc1onc(-c2ccccc2)c1C(=O)OCC(=O)Nc1ccccc1C#N. The first-order chi connectivity index (χ1) is 13.1. The van der Waals surface area contributed by atoms with E-state index in [9.17, 15) is 9.59 Å². The van der Waals surface area contributed by atoms with Gasteiger partial charge in [-0.05, 0) is 19.1 Å². The number of carbonyl (C=O) groups excluding carboxylic acids is 2. The Balaban J connectivity index is 1.69. The van der Waals surface area contributed by atoms with Crippen molar-refractivity contribution in [3.63, 3.8) is 0 Å². The van der Waals surface area contributed by atoms with E-state index in [0.717, 1.165) is 0 Å². The van der Waals surface area contributed by atoms with Crippen molar-refractivity contribution in [1.29, 1.82) is 5.26 Å². The zero-order valence-electron chi connectivity index (χ0n) is 14.4. The molecular weight excluding hydrogens is 346 g/mol. The fourth-order valence-corrected chi connectivity index (χ4v) is 2.48. The van der Waals surface area contributed by atoms with Gasteiger partial charge in [-0.3, -0.25) is 4.79 Å². The lowest BCUT2D eigenvalue weighted by atomic mass is 10.1. The normalized spacial score (nSPS) is 10.1. The molecule has 1 aromatic heterocycles. The molecule has 0 spiro atoms. The van der Waals surface area contributed by atoms with E-state index in [2.05, 4.69) is 10.5 Å². The molecule has 0 saturated carbocycles. The first kappa shape index (κ1) is 17.9. The predicted octanol–water partition coefficient (Wildman–Crippen LogP) is 3.32. The summed E-state index contributed by atoms with van der Waals surface area (Å²) >= 11 is 0. The first-order valence-corrected chi connectivity index (χ1v) is 8.08. The van der Waals surface area contributed by atoms with Gasteiger partial charge in [-0.15, -0.1) is 0 Å². The lowest BCUT2D eigenvalue weighted by Crippen LogP contribution is -2.21. The second-order valence-corrected chi connectivity index (χ2v) is 5.61. The standard InChI is InChI=1S/C20H15N3O4/c1-13-18(19(23-27-13)14-7-3-2-4-8-14)20(25)26-12-17(24)22-16-10-6-5-9-15(16)11-21/h2-10H,12H2,1H3,(H,22,24). The van der Waals surface area contributed by atoms with Crippen LogP contribution >= 0.6 is 0 Å². The molecule has 1 N–H and O–H groups in total. The van der Waals surface area contributed by atoms with Gasteiger partial charge in [0.1, 0.15) is 23.1 Å². The van der Waals surface area contributed by atoms with Crippen molar-refractivity contribution in [2.75, 3.05) is 11.9 Å². The predicted molar refractivity (Wildman–Crippen MR) is 96.7 cm³/mol. The molecule has 1 amide bonds. The Morgan fingerprint density at radius 1 is 1.15 bits per heavy atom. The van der Waals surface area contributed by atoms with Gasteiger partial charge in [-0.1, -0.05) is 47.6 Å². The molecule has 7 nitrogen and oxygen atoms in total. The second-order valence-electron chi connectivity index (χ2n) is 5.61. The Morgan fingerprint density at radius 2 is 1.85 bits per heavy atom. The van der Waals surface area contributed by atoms with E-state index in [4.69, 9.17) is 14.5 Å². The van der Waals surface area contributed by atoms with Crippen molar-refractivity contribution in [3.8, 4) is 17.3 Å². The minimum Gasteiger partial charge on any atom is -0.452 e. The maximum Gasteiger partial charge on any atom is 0.344 e. The smallest absolute Gasteiger partial charge is 0.344 e. The Morgan fingerprint density at radius 3 is 2.59 bits per heavy atom. The molecule has 134 valence electrons. The van der Waals surface area contributed by atoms with Crippen molar-refractivity contribution < 1.29 is 18.8 Å². The molecule has 0 aliphatic heterocycles. The molecule has 2 aromatic carbocycles. The van der Waals surface area contributed by atoms with Crippen LogP contribution in [0.1, 0.15) is 21.7 Å². The molecule has 3 aromatic rings. The molecule has 0 saturated heterocycles. The van der Waals surface area contributed by atoms with E-state index in [1.807, 2.05) is 24.3 Å². The molecule has 7 heteroatoms. The van der Waals surface area contributed by atoms with Gasteiger partial charge in [-0.2, -0.15) is 5.26 Å². The van der Waals surface area contributed by atoms with E-state index in [0.29, 0.717) is 28.3 Å². The number of ether oxygens (including phenoxy) is 1. The summed E-state index contributed by atoms with van der Waals surface area (Å²) in [6.45, 7) is 1.09. The van der Waals surface area contributed by atoms with E-state index in [1.165, 1.54) is 0 Å². The maximum atomic E-state index is 12.4. The van der Waals surface area contributed by atoms with Crippen LogP contribution < -0.4 is 5.32 Å². The topological polar surface area (TPSA) is 105 Å². The van der Waals surface area contributed by atoms with Crippen molar-refractivity contribution in [1.82, 2.24) is 5.16 Å². The molecule has 0 bridgehead atoms. The number of benzene rings is 2. The molecule has 0 aliphatic rings. The average Bonchev–Trinajstić information content (AvgIpc) is 3.09. The summed E-state index contributed by atoms with van der Waals surface area (Å²) < 4.78 is 10.2. The number of hydrogen-bond acceptors (Lipinski definition) is 6. The van der Waals surface area contributed by atoms with Crippen molar-refractivity contribution in [2.24, 2.45) is 0 Å². The van der Waals surface area contributed by atoms with Crippen LogP contribution in [-0.4, -0.2) is 23.6 Å². The van der Waals surface area contributed by atoms with Crippen molar-refractivity contribution >= 4 is 17.6 Å². The number of rotatable bonds is 5. The fourth-order valence-electron chi connectivity index (χ4n) is 2.48.